The Labute approximate surface area is 97.1 Å². The molecule has 0 aliphatic heterocycles. The molecule has 1 aromatic heterocycles. The Kier molecular flexibility index (Phi) is 3.70. The monoisotopic (exact) mass is 217 g/mol. The van der Waals surface area contributed by atoms with E-state index in [1.807, 2.05) is 25.3 Å². The first-order chi connectivity index (χ1) is 7.74. The van der Waals surface area contributed by atoms with E-state index in [1.165, 1.54) is 25.7 Å². The Morgan fingerprint density at radius 2 is 2.12 bits per heavy atom. The third kappa shape index (κ3) is 3.16. The first-order valence-corrected chi connectivity index (χ1v) is 6.17. The van der Waals surface area contributed by atoms with Crippen LogP contribution in [0, 0.1) is 12.8 Å². The quantitative estimate of drug-likeness (QED) is 0.775. The first kappa shape index (κ1) is 11.3. The maximum Gasteiger partial charge on any atom is 0.139 e. The van der Waals surface area contributed by atoms with E-state index in [2.05, 4.69) is 4.98 Å². The summed E-state index contributed by atoms with van der Waals surface area (Å²) in [5, 5.41) is 0. The van der Waals surface area contributed by atoms with Gasteiger partial charge in [0.25, 0.3) is 0 Å². The molecule has 2 nitrogen and oxygen atoms in total. The fourth-order valence-corrected chi connectivity index (χ4v) is 2.41. The second-order valence-corrected chi connectivity index (χ2v) is 4.90. The molecule has 1 heterocycles. The number of rotatable bonds is 4. The SMILES string of the molecule is Cc1ccc(CC(=O)CC2CCCC2)nc1. The lowest BCUT2D eigenvalue weighted by molar-refractivity contribution is -0.119. The molecule has 0 atom stereocenters. The van der Waals surface area contributed by atoms with Gasteiger partial charge < -0.3 is 0 Å². The molecular formula is C14H19NO. The van der Waals surface area contributed by atoms with E-state index in [-0.39, 0.29) is 0 Å². The van der Waals surface area contributed by atoms with Crippen molar-refractivity contribution in [2.45, 2.75) is 45.4 Å². The van der Waals surface area contributed by atoms with Gasteiger partial charge in [0.1, 0.15) is 5.78 Å². The predicted molar refractivity (Wildman–Crippen MR) is 64.3 cm³/mol. The smallest absolute Gasteiger partial charge is 0.139 e. The fraction of sp³-hybridized carbons (Fsp3) is 0.571. The van der Waals surface area contributed by atoms with Crippen molar-refractivity contribution in [1.29, 1.82) is 0 Å². The molecule has 1 aromatic rings. The molecule has 2 heteroatoms. The minimum absolute atomic E-state index is 0.350. The molecule has 1 saturated carbocycles. The highest BCUT2D eigenvalue weighted by Gasteiger charge is 2.18. The average Bonchev–Trinajstić information content (AvgIpc) is 2.74. The second-order valence-electron chi connectivity index (χ2n) is 4.90. The third-order valence-electron chi connectivity index (χ3n) is 3.34. The highest BCUT2D eigenvalue weighted by atomic mass is 16.1. The van der Waals surface area contributed by atoms with Crippen LogP contribution in [0.5, 0.6) is 0 Å². The van der Waals surface area contributed by atoms with Gasteiger partial charge in [-0.1, -0.05) is 31.7 Å². The average molecular weight is 217 g/mol. The molecule has 0 radical (unpaired) electrons. The number of carbonyl (C=O) groups is 1. The molecule has 0 aromatic carbocycles. The molecular weight excluding hydrogens is 198 g/mol. The van der Waals surface area contributed by atoms with Gasteiger partial charge in [-0.3, -0.25) is 9.78 Å². The standard InChI is InChI=1S/C14H19NO/c1-11-6-7-13(15-10-11)9-14(16)8-12-4-2-3-5-12/h6-7,10,12H,2-5,8-9H2,1H3. The number of aryl methyl sites for hydroxylation is 1. The summed E-state index contributed by atoms with van der Waals surface area (Å²) in [6.45, 7) is 2.01. The van der Waals surface area contributed by atoms with Gasteiger partial charge in [-0.25, -0.2) is 0 Å². The van der Waals surface area contributed by atoms with Gasteiger partial charge in [0.2, 0.25) is 0 Å². The molecule has 0 N–H and O–H groups in total. The Bertz CT molecular complexity index is 350. The molecule has 0 spiro atoms. The van der Waals surface area contributed by atoms with Gasteiger partial charge in [-0.05, 0) is 24.5 Å². The Balaban J connectivity index is 1.84. The van der Waals surface area contributed by atoms with E-state index in [9.17, 15) is 4.79 Å². The lowest BCUT2D eigenvalue weighted by Gasteiger charge is -2.07. The molecule has 0 bridgehead atoms. The Hall–Kier alpha value is -1.18. The fourth-order valence-electron chi connectivity index (χ4n) is 2.41. The van der Waals surface area contributed by atoms with Crippen molar-refractivity contribution in [3.8, 4) is 0 Å². The van der Waals surface area contributed by atoms with E-state index < -0.39 is 0 Å². The maximum atomic E-state index is 11.8. The number of Topliss-reactive ketones (excluding diaryl/α,β-unsaturated/α-hetero) is 1. The van der Waals surface area contributed by atoms with Crippen molar-refractivity contribution in [3.05, 3.63) is 29.6 Å². The van der Waals surface area contributed by atoms with Gasteiger partial charge in [0, 0.05) is 24.7 Å². The van der Waals surface area contributed by atoms with Crippen LogP contribution in [-0.2, 0) is 11.2 Å². The summed E-state index contributed by atoms with van der Waals surface area (Å²) in [5.41, 5.74) is 2.06. The van der Waals surface area contributed by atoms with Crippen LogP contribution in [0.25, 0.3) is 0 Å². The summed E-state index contributed by atoms with van der Waals surface area (Å²) in [7, 11) is 0. The topological polar surface area (TPSA) is 30.0 Å². The zero-order valence-corrected chi connectivity index (χ0v) is 9.91. The number of carbonyl (C=O) groups excluding carboxylic acids is 1. The molecule has 2 rings (SSSR count). The van der Waals surface area contributed by atoms with E-state index in [1.54, 1.807) is 0 Å². The summed E-state index contributed by atoms with van der Waals surface area (Å²) in [6, 6.07) is 3.98. The highest BCUT2D eigenvalue weighted by Crippen LogP contribution is 2.27. The second kappa shape index (κ2) is 5.24. The molecule has 0 amide bonds. The number of nitrogens with zero attached hydrogens (tertiary/aromatic N) is 1. The molecule has 1 aliphatic rings. The van der Waals surface area contributed by atoms with Crippen LogP contribution in [0.2, 0.25) is 0 Å². The lowest BCUT2D eigenvalue weighted by Crippen LogP contribution is -2.09. The Morgan fingerprint density at radius 3 is 2.75 bits per heavy atom. The van der Waals surface area contributed by atoms with Crippen LogP contribution in [0.15, 0.2) is 18.3 Å². The number of hydrogen-bond acceptors (Lipinski definition) is 2. The molecule has 1 fully saturated rings. The minimum atomic E-state index is 0.350. The number of ketones is 1. The largest absolute Gasteiger partial charge is 0.299 e. The predicted octanol–water partition coefficient (Wildman–Crippen LogP) is 3.08. The minimum Gasteiger partial charge on any atom is -0.299 e. The normalized spacial score (nSPS) is 16.6. The highest BCUT2D eigenvalue weighted by molar-refractivity contribution is 5.80. The molecule has 0 unspecified atom stereocenters. The third-order valence-corrected chi connectivity index (χ3v) is 3.34. The zero-order chi connectivity index (χ0) is 11.4. The van der Waals surface area contributed by atoms with Crippen molar-refractivity contribution in [3.63, 3.8) is 0 Å². The van der Waals surface area contributed by atoms with Crippen molar-refractivity contribution < 1.29 is 4.79 Å². The van der Waals surface area contributed by atoms with Crippen LogP contribution >= 0.6 is 0 Å². The molecule has 0 saturated heterocycles. The number of hydrogen-bond donors (Lipinski definition) is 0. The van der Waals surface area contributed by atoms with Crippen molar-refractivity contribution in [2.75, 3.05) is 0 Å². The van der Waals surface area contributed by atoms with Crippen LogP contribution in [0.4, 0.5) is 0 Å². The lowest BCUT2D eigenvalue weighted by atomic mass is 9.98. The summed E-state index contributed by atoms with van der Waals surface area (Å²) in [6.07, 6.45) is 8.20. The number of aromatic nitrogens is 1. The van der Waals surface area contributed by atoms with E-state index >= 15 is 0 Å². The van der Waals surface area contributed by atoms with Gasteiger partial charge >= 0.3 is 0 Å². The Morgan fingerprint density at radius 1 is 1.38 bits per heavy atom. The van der Waals surface area contributed by atoms with Crippen molar-refractivity contribution in [1.82, 2.24) is 4.98 Å². The van der Waals surface area contributed by atoms with E-state index in [4.69, 9.17) is 0 Å². The molecule has 86 valence electrons. The van der Waals surface area contributed by atoms with Crippen molar-refractivity contribution >= 4 is 5.78 Å². The van der Waals surface area contributed by atoms with E-state index in [0.29, 0.717) is 18.1 Å². The summed E-state index contributed by atoms with van der Waals surface area (Å²) in [4.78, 5) is 16.1. The van der Waals surface area contributed by atoms with Crippen LogP contribution < -0.4 is 0 Å². The van der Waals surface area contributed by atoms with Crippen LogP contribution in [0.1, 0.15) is 43.4 Å². The van der Waals surface area contributed by atoms with Crippen LogP contribution in [-0.4, -0.2) is 10.8 Å². The van der Waals surface area contributed by atoms with E-state index in [0.717, 1.165) is 17.7 Å². The molecule has 16 heavy (non-hydrogen) atoms. The van der Waals surface area contributed by atoms with Crippen molar-refractivity contribution in [2.24, 2.45) is 5.92 Å². The molecule has 1 aliphatic carbocycles. The van der Waals surface area contributed by atoms with Gasteiger partial charge in [0.05, 0.1) is 0 Å². The van der Waals surface area contributed by atoms with Gasteiger partial charge in [-0.15, -0.1) is 0 Å². The van der Waals surface area contributed by atoms with Gasteiger partial charge in [-0.2, -0.15) is 0 Å². The first-order valence-electron chi connectivity index (χ1n) is 6.17. The number of pyridine rings is 1. The van der Waals surface area contributed by atoms with Crippen LogP contribution in [0.3, 0.4) is 0 Å². The summed E-state index contributed by atoms with van der Waals surface area (Å²) < 4.78 is 0. The maximum absolute atomic E-state index is 11.8. The van der Waals surface area contributed by atoms with Gasteiger partial charge in [0.15, 0.2) is 0 Å². The summed E-state index contributed by atoms with van der Waals surface area (Å²) >= 11 is 0. The summed E-state index contributed by atoms with van der Waals surface area (Å²) in [5.74, 6) is 1.00. The zero-order valence-electron chi connectivity index (χ0n) is 9.91.